The first kappa shape index (κ1) is 10.5. The Morgan fingerprint density at radius 3 is 2.43 bits per heavy atom. The molecule has 0 aliphatic heterocycles. The van der Waals surface area contributed by atoms with Gasteiger partial charge in [0, 0.05) is 11.7 Å². The molecule has 0 spiro atoms. The van der Waals surface area contributed by atoms with Crippen molar-refractivity contribution in [3.63, 3.8) is 0 Å². The highest BCUT2D eigenvalue weighted by molar-refractivity contribution is 5.42. The molecule has 0 unspecified atom stereocenters. The molecule has 1 heterocycles. The van der Waals surface area contributed by atoms with E-state index in [2.05, 4.69) is 4.98 Å². The van der Waals surface area contributed by atoms with Gasteiger partial charge < -0.3 is 0 Å². The van der Waals surface area contributed by atoms with Gasteiger partial charge in [-0.1, -0.05) is 0 Å². The number of hydrazine groups is 1. The number of aromatic nitrogens is 1. The quantitative estimate of drug-likeness (QED) is 0.537. The predicted molar refractivity (Wildman–Crippen MR) is 55.4 cm³/mol. The van der Waals surface area contributed by atoms with E-state index in [-0.39, 0.29) is 5.54 Å². The lowest BCUT2D eigenvalue weighted by Gasteiger charge is -2.31. The van der Waals surface area contributed by atoms with Crippen LogP contribution >= 0.6 is 0 Å². The largest absolute Gasteiger partial charge is 0.290 e. The summed E-state index contributed by atoms with van der Waals surface area (Å²) in [6, 6.07) is 5.45. The van der Waals surface area contributed by atoms with Crippen molar-refractivity contribution >= 4 is 5.82 Å². The predicted octanol–water partition coefficient (Wildman–Crippen LogP) is 1.43. The molecule has 1 aromatic heterocycles. The molecule has 0 fully saturated rings. The molecule has 0 radical (unpaired) electrons. The summed E-state index contributed by atoms with van der Waals surface area (Å²) in [5.41, 5.74) is 0.359. The molecular weight excluding hydrogens is 176 g/mol. The van der Waals surface area contributed by atoms with Gasteiger partial charge in [0.25, 0.3) is 0 Å². The molecule has 1 aromatic rings. The fourth-order valence-corrected chi connectivity index (χ4v) is 0.938. The van der Waals surface area contributed by atoms with Gasteiger partial charge in [-0.05, 0) is 32.9 Å². The molecule has 0 saturated carbocycles. The van der Waals surface area contributed by atoms with E-state index in [1.54, 1.807) is 17.1 Å². The summed E-state index contributed by atoms with van der Waals surface area (Å²) < 4.78 is 0. The van der Waals surface area contributed by atoms with Gasteiger partial charge in [-0.2, -0.15) is 5.26 Å². The van der Waals surface area contributed by atoms with E-state index in [1.165, 1.54) is 6.20 Å². The lowest BCUT2D eigenvalue weighted by Crippen LogP contribution is -2.47. The van der Waals surface area contributed by atoms with Gasteiger partial charge in [-0.25, -0.2) is 10.8 Å². The second-order valence-corrected chi connectivity index (χ2v) is 4.06. The van der Waals surface area contributed by atoms with Crippen LogP contribution in [0.3, 0.4) is 0 Å². The Morgan fingerprint density at radius 2 is 2.07 bits per heavy atom. The molecular formula is C10H14N4. The number of nitriles is 1. The van der Waals surface area contributed by atoms with E-state index in [1.807, 2.05) is 26.8 Å². The summed E-state index contributed by atoms with van der Waals surface area (Å²) in [5.74, 6) is 6.51. The van der Waals surface area contributed by atoms with E-state index < -0.39 is 0 Å². The Morgan fingerprint density at radius 1 is 1.43 bits per heavy atom. The van der Waals surface area contributed by atoms with Crippen molar-refractivity contribution in [3.05, 3.63) is 23.9 Å². The van der Waals surface area contributed by atoms with Crippen LogP contribution in [0.25, 0.3) is 0 Å². The minimum Gasteiger partial charge on any atom is -0.290 e. The first-order valence-electron chi connectivity index (χ1n) is 4.36. The molecule has 0 aliphatic carbocycles. The smallest absolute Gasteiger partial charge is 0.143 e. The van der Waals surface area contributed by atoms with Crippen LogP contribution in [-0.2, 0) is 0 Å². The van der Waals surface area contributed by atoms with Gasteiger partial charge in [0.2, 0.25) is 0 Å². The minimum absolute atomic E-state index is 0.179. The van der Waals surface area contributed by atoms with Crippen molar-refractivity contribution in [3.8, 4) is 6.07 Å². The van der Waals surface area contributed by atoms with Crippen molar-refractivity contribution < 1.29 is 0 Å². The molecule has 0 atom stereocenters. The first-order valence-corrected chi connectivity index (χ1v) is 4.36. The van der Waals surface area contributed by atoms with E-state index in [9.17, 15) is 0 Å². The summed E-state index contributed by atoms with van der Waals surface area (Å²) in [4.78, 5) is 4.09. The van der Waals surface area contributed by atoms with Crippen molar-refractivity contribution in [1.82, 2.24) is 4.98 Å². The third kappa shape index (κ3) is 2.21. The topological polar surface area (TPSA) is 65.9 Å². The second kappa shape index (κ2) is 3.64. The SMILES string of the molecule is CC(C)(C)N(N)c1ccc(C#N)cn1. The lowest BCUT2D eigenvalue weighted by molar-refractivity contribution is 0.509. The Hall–Kier alpha value is -1.60. The van der Waals surface area contributed by atoms with Crippen LogP contribution in [0.4, 0.5) is 5.82 Å². The second-order valence-electron chi connectivity index (χ2n) is 4.06. The zero-order chi connectivity index (χ0) is 10.8. The standard InChI is InChI=1S/C10H14N4/c1-10(2,3)14(12)9-5-4-8(6-11)7-13-9/h4-5,7H,12H2,1-3H3. The average molecular weight is 190 g/mol. The van der Waals surface area contributed by atoms with Crippen LogP contribution < -0.4 is 10.9 Å². The Labute approximate surface area is 83.9 Å². The maximum absolute atomic E-state index is 8.59. The van der Waals surface area contributed by atoms with Gasteiger partial charge in [-0.3, -0.25) is 5.01 Å². The maximum Gasteiger partial charge on any atom is 0.143 e. The van der Waals surface area contributed by atoms with Crippen LogP contribution in [0.15, 0.2) is 18.3 Å². The van der Waals surface area contributed by atoms with E-state index in [0.29, 0.717) is 11.4 Å². The molecule has 74 valence electrons. The van der Waals surface area contributed by atoms with Crippen LogP contribution in [0.1, 0.15) is 26.3 Å². The molecule has 0 aliphatic rings. The zero-order valence-corrected chi connectivity index (χ0v) is 8.65. The number of nitrogens with two attached hydrogens (primary N) is 1. The zero-order valence-electron chi connectivity index (χ0n) is 8.65. The van der Waals surface area contributed by atoms with Gasteiger partial charge in [-0.15, -0.1) is 0 Å². The summed E-state index contributed by atoms with van der Waals surface area (Å²) in [6.45, 7) is 5.98. The Balaban J connectivity index is 2.94. The molecule has 2 N–H and O–H groups in total. The normalized spacial score (nSPS) is 10.8. The van der Waals surface area contributed by atoms with Crippen molar-refractivity contribution in [1.29, 1.82) is 5.26 Å². The number of hydrogen-bond donors (Lipinski definition) is 1. The summed E-state index contributed by atoms with van der Waals surface area (Å²) in [7, 11) is 0. The third-order valence-electron chi connectivity index (χ3n) is 1.85. The molecule has 4 heteroatoms. The Kier molecular flexibility index (Phi) is 2.73. The summed E-state index contributed by atoms with van der Waals surface area (Å²) in [6.07, 6.45) is 1.51. The summed E-state index contributed by atoms with van der Waals surface area (Å²) >= 11 is 0. The van der Waals surface area contributed by atoms with E-state index in [0.717, 1.165) is 0 Å². The number of anilines is 1. The van der Waals surface area contributed by atoms with E-state index >= 15 is 0 Å². The highest BCUT2D eigenvalue weighted by Crippen LogP contribution is 2.17. The molecule has 14 heavy (non-hydrogen) atoms. The van der Waals surface area contributed by atoms with Gasteiger partial charge in [0.05, 0.1) is 5.56 Å². The number of hydrogen-bond acceptors (Lipinski definition) is 4. The number of rotatable bonds is 1. The molecule has 0 amide bonds. The lowest BCUT2D eigenvalue weighted by atomic mass is 10.1. The summed E-state index contributed by atoms with van der Waals surface area (Å²) in [5, 5.41) is 10.2. The van der Waals surface area contributed by atoms with Gasteiger partial charge in [0.1, 0.15) is 11.9 Å². The van der Waals surface area contributed by atoms with Crippen molar-refractivity contribution in [2.45, 2.75) is 26.3 Å². The van der Waals surface area contributed by atoms with Crippen molar-refractivity contribution in [2.24, 2.45) is 5.84 Å². The fraction of sp³-hybridized carbons (Fsp3) is 0.400. The average Bonchev–Trinajstić information content (AvgIpc) is 2.15. The maximum atomic E-state index is 8.59. The minimum atomic E-state index is -0.179. The molecule has 0 aromatic carbocycles. The fourth-order valence-electron chi connectivity index (χ4n) is 0.938. The third-order valence-corrected chi connectivity index (χ3v) is 1.85. The molecule has 0 saturated heterocycles. The van der Waals surface area contributed by atoms with Crippen LogP contribution in [0, 0.1) is 11.3 Å². The first-order chi connectivity index (χ1) is 6.45. The van der Waals surface area contributed by atoms with Crippen LogP contribution in [0.2, 0.25) is 0 Å². The Bertz CT molecular complexity index is 342. The van der Waals surface area contributed by atoms with Gasteiger partial charge >= 0.3 is 0 Å². The van der Waals surface area contributed by atoms with Crippen molar-refractivity contribution in [2.75, 3.05) is 5.01 Å². The molecule has 4 nitrogen and oxygen atoms in total. The van der Waals surface area contributed by atoms with Crippen LogP contribution in [0.5, 0.6) is 0 Å². The van der Waals surface area contributed by atoms with E-state index in [4.69, 9.17) is 11.1 Å². The molecule has 0 bridgehead atoms. The van der Waals surface area contributed by atoms with Crippen LogP contribution in [-0.4, -0.2) is 10.5 Å². The number of nitrogens with zero attached hydrogens (tertiary/aromatic N) is 3. The highest BCUT2D eigenvalue weighted by Gasteiger charge is 2.19. The number of pyridine rings is 1. The highest BCUT2D eigenvalue weighted by atomic mass is 15.5. The van der Waals surface area contributed by atoms with Gasteiger partial charge in [0.15, 0.2) is 0 Å². The molecule has 1 rings (SSSR count). The monoisotopic (exact) mass is 190 g/mol.